The third kappa shape index (κ3) is 6.01. The molecule has 0 fully saturated rings. The molecule has 0 aliphatic heterocycles. The van der Waals surface area contributed by atoms with E-state index in [1.807, 2.05) is 35.9 Å². The summed E-state index contributed by atoms with van der Waals surface area (Å²) in [6, 6.07) is 7.14. The number of pyridine rings is 2. The van der Waals surface area contributed by atoms with Crippen LogP contribution in [-0.2, 0) is 17.8 Å². The van der Waals surface area contributed by atoms with Crippen LogP contribution in [0.25, 0.3) is 5.82 Å². The molecule has 0 unspecified atom stereocenters. The van der Waals surface area contributed by atoms with Crippen molar-refractivity contribution in [3.8, 4) is 11.7 Å². The third-order valence-electron chi connectivity index (χ3n) is 4.12. The minimum Gasteiger partial charge on any atom is -0.475 e. The highest BCUT2D eigenvalue weighted by molar-refractivity contribution is 5.73. The molecule has 0 saturated carbocycles. The Morgan fingerprint density at radius 3 is 2.55 bits per heavy atom. The normalized spacial score (nSPS) is 10.6. The van der Waals surface area contributed by atoms with Crippen LogP contribution in [0.4, 0.5) is 4.79 Å². The molecule has 0 atom stereocenters. The fraction of sp³-hybridized carbons (Fsp3) is 0.300. The Labute approximate surface area is 169 Å². The molecule has 3 rings (SSSR count). The molecule has 3 heterocycles. The van der Waals surface area contributed by atoms with Crippen LogP contribution >= 0.6 is 0 Å². The summed E-state index contributed by atoms with van der Waals surface area (Å²) in [7, 11) is 1.62. The van der Waals surface area contributed by atoms with E-state index < -0.39 is 0 Å². The number of hydrogen-bond donors (Lipinski definition) is 2. The Bertz CT molecular complexity index is 926. The van der Waals surface area contributed by atoms with Crippen molar-refractivity contribution in [1.82, 2.24) is 30.2 Å². The van der Waals surface area contributed by atoms with E-state index in [9.17, 15) is 4.79 Å². The van der Waals surface area contributed by atoms with E-state index in [2.05, 4.69) is 25.6 Å². The maximum absolute atomic E-state index is 12.1. The lowest BCUT2D eigenvalue weighted by Crippen LogP contribution is -2.34. The van der Waals surface area contributed by atoms with Crippen molar-refractivity contribution in [3.63, 3.8) is 0 Å². The van der Waals surface area contributed by atoms with Gasteiger partial charge in [0.15, 0.2) is 0 Å². The second kappa shape index (κ2) is 10.2. The summed E-state index contributed by atoms with van der Waals surface area (Å²) in [4.78, 5) is 24.8. The van der Waals surface area contributed by atoms with Gasteiger partial charge in [0.25, 0.3) is 0 Å². The van der Waals surface area contributed by atoms with Gasteiger partial charge in [-0.1, -0.05) is 6.07 Å². The maximum atomic E-state index is 12.1. The first-order valence-electron chi connectivity index (χ1n) is 9.19. The molecule has 0 bridgehead atoms. The SMILES string of the molecule is COCCOc1ccc(CNC(=O)NCc2ccnc(-n3ccnc3C)c2)cn1. The van der Waals surface area contributed by atoms with Crippen LogP contribution in [0.5, 0.6) is 5.88 Å². The van der Waals surface area contributed by atoms with Crippen LogP contribution in [-0.4, -0.2) is 45.9 Å². The van der Waals surface area contributed by atoms with Gasteiger partial charge in [-0.3, -0.25) is 4.57 Å². The number of methoxy groups -OCH3 is 1. The first-order chi connectivity index (χ1) is 14.2. The van der Waals surface area contributed by atoms with E-state index in [1.54, 1.807) is 31.8 Å². The van der Waals surface area contributed by atoms with Gasteiger partial charge in [-0.25, -0.2) is 19.7 Å². The summed E-state index contributed by atoms with van der Waals surface area (Å²) >= 11 is 0. The largest absolute Gasteiger partial charge is 0.475 e. The number of ether oxygens (including phenoxy) is 2. The molecular formula is C20H24N6O3. The molecule has 2 N–H and O–H groups in total. The van der Waals surface area contributed by atoms with Crippen LogP contribution in [0.1, 0.15) is 17.0 Å². The van der Waals surface area contributed by atoms with Gasteiger partial charge in [-0.15, -0.1) is 0 Å². The van der Waals surface area contributed by atoms with E-state index in [0.29, 0.717) is 32.2 Å². The Morgan fingerprint density at radius 1 is 1.03 bits per heavy atom. The molecule has 0 spiro atoms. The molecule has 152 valence electrons. The van der Waals surface area contributed by atoms with Gasteiger partial charge in [0, 0.05) is 51.1 Å². The van der Waals surface area contributed by atoms with Crippen molar-refractivity contribution in [2.24, 2.45) is 0 Å². The molecule has 3 aromatic rings. The predicted molar refractivity (Wildman–Crippen MR) is 107 cm³/mol. The highest BCUT2D eigenvalue weighted by Crippen LogP contribution is 2.10. The first kappa shape index (κ1) is 20.3. The highest BCUT2D eigenvalue weighted by Gasteiger charge is 2.05. The van der Waals surface area contributed by atoms with Crippen molar-refractivity contribution < 1.29 is 14.3 Å². The number of hydrogen-bond acceptors (Lipinski definition) is 6. The number of imidazole rings is 1. The second-order valence-electron chi connectivity index (χ2n) is 6.25. The van der Waals surface area contributed by atoms with Crippen molar-refractivity contribution in [1.29, 1.82) is 0 Å². The number of aromatic nitrogens is 4. The number of aryl methyl sites for hydroxylation is 1. The number of carbonyl (C=O) groups excluding carboxylic acids is 1. The zero-order valence-electron chi connectivity index (χ0n) is 16.5. The van der Waals surface area contributed by atoms with Gasteiger partial charge < -0.3 is 20.1 Å². The zero-order chi connectivity index (χ0) is 20.5. The molecule has 9 heteroatoms. The van der Waals surface area contributed by atoms with Gasteiger partial charge in [0.2, 0.25) is 5.88 Å². The number of rotatable bonds is 9. The van der Waals surface area contributed by atoms with E-state index in [4.69, 9.17) is 9.47 Å². The van der Waals surface area contributed by atoms with Crippen molar-refractivity contribution in [3.05, 3.63) is 66.0 Å². The minimum absolute atomic E-state index is 0.261. The molecule has 0 saturated heterocycles. The molecular weight excluding hydrogens is 372 g/mol. The Morgan fingerprint density at radius 2 is 1.86 bits per heavy atom. The van der Waals surface area contributed by atoms with Crippen LogP contribution < -0.4 is 15.4 Å². The summed E-state index contributed by atoms with van der Waals surface area (Å²) in [6.07, 6.45) is 6.96. The van der Waals surface area contributed by atoms with Gasteiger partial charge in [-0.05, 0) is 30.2 Å². The van der Waals surface area contributed by atoms with Crippen LogP contribution in [0.3, 0.4) is 0 Å². The quantitative estimate of drug-likeness (QED) is 0.536. The molecule has 29 heavy (non-hydrogen) atoms. The van der Waals surface area contributed by atoms with Gasteiger partial charge in [0.1, 0.15) is 18.2 Å². The predicted octanol–water partition coefficient (Wildman–Crippen LogP) is 2.00. The molecule has 0 radical (unpaired) electrons. The molecule has 9 nitrogen and oxygen atoms in total. The second-order valence-corrected chi connectivity index (χ2v) is 6.25. The molecule has 2 amide bonds. The van der Waals surface area contributed by atoms with Gasteiger partial charge in [-0.2, -0.15) is 0 Å². The highest BCUT2D eigenvalue weighted by atomic mass is 16.5. The third-order valence-corrected chi connectivity index (χ3v) is 4.12. The van der Waals surface area contributed by atoms with Crippen LogP contribution in [0.15, 0.2) is 49.1 Å². The monoisotopic (exact) mass is 396 g/mol. The van der Waals surface area contributed by atoms with Crippen LogP contribution in [0.2, 0.25) is 0 Å². The number of nitrogens with one attached hydrogen (secondary N) is 2. The number of amides is 2. The summed E-state index contributed by atoms with van der Waals surface area (Å²) < 4.78 is 12.2. The maximum Gasteiger partial charge on any atom is 0.315 e. The Kier molecular flexibility index (Phi) is 7.12. The Hall–Kier alpha value is -3.46. The summed E-state index contributed by atoms with van der Waals surface area (Å²) in [6.45, 7) is 3.62. The molecule has 0 aromatic carbocycles. The lowest BCUT2D eigenvalue weighted by atomic mass is 10.2. The van der Waals surface area contributed by atoms with Crippen molar-refractivity contribution >= 4 is 6.03 Å². The topological polar surface area (TPSA) is 103 Å². The fourth-order valence-corrected chi connectivity index (χ4v) is 2.58. The van der Waals surface area contributed by atoms with E-state index >= 15 is 0 Å². The first-order valence-corrected chi connectivity index (χ1v) is 9.19. The molecule has 3 aromatic heterocycles. The number of nitrogens with zero attached hydrogens (tertiary/aromatic N) is 4. The lowest BCUT2D eigenvalue weighted by molar-refractivity contribution is 0.143. The van der Waals surface area contributed by atoms with Crippen molar-refractivity contribution in [2.45, 2.75) is 20.0 Å². The standard InChI is InChI=1S/C20H24N6O3/c1-15-21-7-8-26(15)18-11-16(5-6-22-18)12-24-20(27)25-14-17-3-4-19(23-13-17)29-10-9-28-2/h3-8,11,13H,9-10,12,14H2,1-2H3,(H2,24,25,27). The van der Waals surface area contributed by atoms with Crippen LogP contribution in [0, 0.1) is 6.92 Å². The van der Waals surface area contributed by atoms with E-state index in [0.717, 1.165) is 22.8 Å². The van der Waals surface area contributed by atoms with Gasteiger partial charge >= 0.3 is 6.03 Å². The summed E-state index contributed by atoms with van der Waals surface area (Å²) in [5, 5.41) is 5.65. The van der Waals surface area contributed by atoms with E-state index in [1.165, 1.54) is 0 Å². The summed E-state index contributed by atoms with van der Waals surface area (Å²) in [5.41, 5.74) is 1.82. The summed E-state index contributed by atoms with van der Waals surface area (Å²) in [5.74, 6) is 2.14. The minimum atomic E-state index is -0.261. The van der Waals surface area contributed by atoms with E-state index in [-0.39, 0.29) is 6.03 Å². The number of urea groups is 1. The number of carbonyl (C=O) groups is 1. The lowest BCUT2D eigenvalue weighted by Gasteiger charge is -2.10. The zero-order valence-corrected chi connectivity index (χ0v) is 16.5. The smallest absolute Gasteiger partial charge is 0.315 e. The molecule has 0 aliphatic carbocycles. The van der Waals surface area contributed by atoms with Crippen molar-refractivity contribution in [2.75, 3.05) is 20.3 Å². The average Bonchev–Trinajstić information content (AvgIpc) is 3.18. The van der Waals surface area contributed by atoms with Gasteiger partial charge in [0.05, 0.1) is 6.61 Å². The fourth-order valence-electron chi connectivity index (χ4n) is 2.58. The Balaban J connectivity index is 1.45. The molecule has 0 aliphatic rings. The average molecular weight is 396 g/mol.